The van der Waals surface area contributed by atoms with Crippen molar-refractivity contribution in [3.05, 3.63) is 5.32 Å². The number of rotatable bonds is 4. The number of nitrogens with zero attached hydrogens (tertiary/aromatic N) is 2. The Morgan fingerprint density at radius 3 is 2.46 bits per heavy atom. The molecule has 0 aromatic rings. The quantitative estimate of drug-likeness (QED) is 0.433. The van der Waals surface area contributed by atoms with Gasteiger partial charge in [0.15, 0.2) is 0 Å². The third-order valence-electron chi connectivity index (χ3n) is 2.73. The maximum Gasteiger partial charge on any atom is 1.00 e. The van der Waals surface area contributed by atoms with Crippen LogP contribution in [0.1, 0.15) is 26.2 Å². The summed E-state index contributed by atoms with van der Waals surface area (Å²) >= 11 is 0. The first kappa shape index (κ1) is 14.6. The maximum absolute atomic E-state index is 4.11. The van der Waals surface area contributed by atoms with E-state index in [9.17, 15) is 0 Å². The molecule has 0 N–H and O–H groups in total. The van der Waals surface area contributed by atoms with Crippen LogP contribution in [-0.4, -0.2) is 38.1 Å². The first-order valence-electron chi connectivity index (χ1n) is 5.11. The van der Waals surface area contributed by atoms with Gasteiger partial charge in [0, 0.05) is 0 Å². The van der Waals surface area contributed by atoms with Gasteiger partial charge in [0.05, 0.1) is 0 Å². The molecule has 0 amide bonds. The van der Waals surface area contributed by atoms with Crippen LogP contribution < -0.4 is 51.4 Å². The normalized spacial score (nSPS) is 19.8. The minimum Gasteiger partial charge on any atom is -0.665 e. The molecule has 1 fully saturated rings. The largest absolute Gasteiger partial charge is 1.00 e. The van der Waals surface area contributed by atoms with Crippen molar-refractivity contribution in [3.63, 3.8) is 0 Å². The molecule has 1 saturated heterocycles. The maximum atomic E-state index is 4.11. The van der Waals surface area contributed by atoms with Crippen molar-refractivity contribution in [2.45, 2.75) is 26.2 Å². The topological polar surface area (TPSA) is 17.3 Å². The Bertz CT molecular complexity index is 111. The first-order valence-corrected chi connectivity index (χ1v) is 5.11. The Labute approximate surface area is 125 Å². The zero-order valence-corrected chi connectivity index (χ0v) is 12.5. The van der Waals surface area contributed by atoms with Crippen LogP contribution >= 0.6 is 0 Å². The molecular weight excluding hydrogens is 187 g/mol. The fourth-order valence-electron chi connectivity index (χ4n) is 1.74. The van der Waals surface area contributed by atoms with Gasteiger partial charge >= 0.3 is 51.4 Å². The second kappa shape index (κ2) is 8.83. The number of hydrogen-bond donors (Lipinski definition) is 0. The van der Waals surface area contributed by atoms with Crippen molar-refractivity contribution in [3.8, 4) is 0 Å². The molecule has 72 valence electrons. The second-order valence-corrected chi connectivity index (χ2v) is 3.92. The molecule has 1 aliphatic heterocycles. The smallest absolute Gasteiger partial charge is 0.665 e. The van der Waals surface area contributed by atoms with Gasteiger partial charge in [-0.3, -0.25) is 0 Å². The summed E-state index contributed by atoms with van der Waals surface area (Å²) in [6, 6.07) is 0. The molecule has 0 bridgehead atoms. The predicted octanol–water partition coefficient (Wildman–Crippen LogP) is -0.884. The van der Waals surface area contributed by atoms with Gasteiger partial charge in [-0.25, -0.2) is 0 Å². The Morgan fingerprint density at radius 1 is 1.31 bits per heavy atom. The fraction of sp³-hybridized carbons (Fsp3) is 1.00. The van der Waals surface area contributed by atoms with E-state index in [1.165, 1.54) is 38.9 Å². The van der Waals surface area contributed by atoms with Gasteiger partial charge in [0.1, 0.15) is 0 Å². The van der Waals surface area contributed by atoms with Crippen LogP contribution in [0.25, 0.3) is 5.32 Å². The Kier molecular flexibility index (Phi) is 9.89. The Hall–Kier alpha value is 1.56. The van der Waals surface area contributed by atoms with Crippen molar-refractivity contribution in [2.24, 2.45) is 5.92 Å². The molecule has 0 spiro atoms. The minimum atomic E-state index is 0. The average Bonchev–Trinajstić information content (AvgIpc) is 2.09. The Morgan fingerprint density at radius 2 is 1.92 bits per heavy atom. The van der Waals surface area contributed by atoms with E-state index in [0.717, 1.165) is 12.5 Å². The monoisotopic (exact) mass is 208 g/mol. The molecule has 2 nitrogen and oxygen atoms in total. The van der Waals surface area contributed by atoms with E-state index in [0.29, 0.717) is 0 Å². The summed E-state index contributed by atoms with van der Waals surface area (Å²) in [5.41, 5.74) is 0. The van der Waals surface area contributed by atoms with E-state index in [-0.39, 0.29) is 51.4 Å². The average molecular weight is 208 g/mol. The zero-order valence-electron chi connectivity index (χ0n) is 9.42. The molecule has 0 unspecified atom stereocenters. The van der Waals surface area contributed by atoms with Crippen LogP contribution in [0, 0.1) is 5.92 Å². The molecule has 0 aliphatic carbocycles. The summed E-state index contributed by atoms with van der Waals surface area (Å²) in [5.74, 6) is 0.956. The number of piperidine rings is 1. The Balaban J connectivity index is 0.00000144. The van der Waals surface area contributed by atoms with Crippen molar-refractivity contribution in [1.29, 1.82) is 0 Å². The summed E-state index contributed by atoms with van der Waals surface area (Å²) in [6.45, 7) is 7.27. The molecule has 0 aromatic carbocycles. The summed E-state index contributed by atoms with van der Waals surface area (Å²) in [6.07, 6.45) is 4.03. The minimum absolute atomic E-state index is 0. The molecular formula is C10H21KN2. The van der Waals surface area contributed by atoms with Crippen molar-refractivity contribution in [2.75, 3.05) is 33.2 Å². The summed E-state index contributed by atoms with van der Waals surface area (Å²) in [5, 5.41) is 4.11. The third-order valence-corrected chi connectivity index (χ3v) is 2.73. The first-order chi connectivity index (χ1) is 5.83. The SMILES string of the molecule is C[N-]CCCN1CCC(C)CC1.[K+]. The van der Waals surface area contributed by atoms with Crippen LogP contribution in [0.5, 0.6) is 0 Å². The van der Waals surface area contributed by atoms with E-state index in [1.807, 2.05) is 7.05 Å². The summed E-state index contributed by atoms with van der Waals surface area (Å²) < 4.78 is 0. The molecule has 0 saturated carbocycles. The van der Waals surface area contributed by atoms with Gasteiger partial charge in [0.25, 0.3) is 0 Å². The summed E-state index contributed by atoms with van der Waals surface area (Å²) in [7, 11) is 1.90. The van der Waals surface area contributed by atoms with E-state index in [4.69, 9.17) is 0 Å². The van der Waals surface area contributed by atoms with Crippen LogP contribution in [0.15, 0.2) is 0 Å². The number of hydrogen-bond acceptors (Lipinski definition) is 1. The van der Waals surface area contributed by atoms with E-state index in [2.05, 4.69) is 17.1 Å². The molecule has 0 atom stereocenters. The van der Waals surface area contributed by atoms with Gasteiger partial charge in [-0.1, -0.05) is 13.3 Å². The second-order valence-electron chi connectivity index (χ2n) is 3.92. The summed E-state index contributed by atoms with van der Waals surface area (Å²) in [4.78, 5) is 2.57. The zero-order chi connectivity index (χ0) is 8.81. The predicted molar refractivity (Wildman–Crippen MR) is 53.6 cm³/mol. The molecule has 0 aromatic heterocycles. The standard InChI is InChI=1S/C10H21N2.K/c1-10-4-8-12(9-5-10)7-3-6-11-2;/h10H,3-9H2,1-2H3;/q-1;+1. The molecule has 0 radical (unpaired) electrons. The van der Waals surface area contributed by atoms with Gasteiger partial charge in [0.2, 0.25) is 0 Å². The van der Waals surface area contributed by atoms with Crippen LogP contribution in [0.4, 0.5) is 0 Å². The molecule has 1 rings (SSSR count). The van der Waals surface area contributed by atoms with Gasteiger partial charge in [-0.05, 0) is 38.4 Å². The van der Waals surface area contributed by atoms with Gasteiger partial charge in [-0.15, -0.1) is 6.54 Å². The van der Waals surface area contributed by atoms with E-state index >= 15 is 0 Å². The molecule has 1 heterocycles. The van der Waals surface area contributed by atoms with Crippen molar-refractivity contribution in [1.82, 2.24) is 4.90 Å². The van der Waals surface area contributed by atoms with Crippen molar-refractivity contribution >= 4 is 0 Å². The van der Waals surface area contributed by atoms with Crippen LogP contribution in [-0.2, 0) is 0 Å². The van der Waals surface area contributed by atoms with Crippen LogP contribution in [0.3, 0.4) is 0 Å². The van der Waals surface area contributed by atoms with E-state index in [1.54, 1.807) is 0 Å². The van der Waals surface area contributed by atoms with Gasteiger partial charge in [-0.2, -0.15) is 7.05 Å². The fourth-order valence-corrected chi connectivity index (χ4v) is 1.74. The third kappa shape index (κ3) is 6.60. The van der Waals surface area contributed by atoms with Crippen LogP contribution in [0.2, 0.25) is 0 Å². The van der Waals surface area contributed by atoms with Crippen molar-refractivity contribution < 1.29 is 51.4 Å². The molecule has 1 aliphatic rings. The molecule has 13 heavy (non-hydrogen) atoms. The number of likely N-dealkylation sites (tertiary alicyclic amines) is 1. The molecule has 3 heteroatoms. The van der Waals surface area contributed by atoms with E-state index < -0.39 is 0 Å². The van der Waals surface area contributed by atoms with Gasteiger partial charge < -0.3 is 10.2 Å².